The molecule has 0 saturated carbocycles. The number of hydrogen-bond acceptors (Lipinski definition) is 3. The minimum atomic E-state index is 0.0994. The summed E-state index contributed by atoms with van der Waals surface area (Å²) in [4.78, 5) is 11.5. The Labute approximate surface area is 96.8 Å². The molecule has 90 valence electrons. The standard InChI is InChI=1S/C12H21N3O/c1-2-3-4-5-6-7-8-9-12(16)11-10-13-15-14-11/h10H,2-9H2,1H3,(H,13,14,15). The van der Waals surface area contributed by atoms with Crippen LogP contribution in [0.2, 0.25) is 0 Å². The Bertz CT molecular complexity index is 282. The summed E-state index contributed by atoms with van der Waals surface area (Å²) in [5.74, 6) is 0.0994. The molecule has 0 aromatic carbocycles. The lowest BCUT2D eigenvalue weighted by Gasteiger charge is -1.99. The van der Waals surface area contributed by atoms with Gasteiger partial charge in [-0.25, -0.2) is 0 Å². The van der Waals surface area contributed by atoms with Gasteiger partial charge in [0.05, 0.1) is 6.20 Å². The summed E-state index contributed by atoms with van der Waals surface area (Å²) in [6, 6.07) is 0. The van der Waals surface area contributed by atoms with E-state index in [1.54, 1.807) is 0 Å². The maximum Gasteiger partial charge on any atom is 0.184 e. The van der Waals surface area contributed by atoms with Crippen molar-refractivity contribution in [2.75, 3.05) is 0 Å². The fourth-order valence-corrected chi connectivity index (χ4v) is 1.71. The summed E-state index contributed by atoms with van der Waals surface area (Å²) < 4.78 is 0. The molecule has 4 heteroatoms. The Morgan fingerprint density at radius 2 is 1.88 bits per heavy atom. The largest absolute Gasteiger partial charge is 0.292 e. The van der Waals surface area contributed by atoms with E-state index < -0.39 is 0 Å². The van der Waals surface area contributed by atoms with Gasteiger partial charge in [-0.1, -0.05) is 45.4 Å². The number of Topliss-reactive ketones (excluding diaryl/α,β-unsaturated/α-hetero) is 1. The van der Waals surface area contributed by atoms with Crippen molar-refractivity contribution < 1.29 is 4.79 Å². The minimum Gasteiger partial charge on any atom is -0.292 e. The molecule has 0 saturated heterocycles. The van der Waals surface area contributed by atoms with Gasteiger partial charge in [-0.3, -0.25) is 4.79 Å². The summed E-state index contributed by atoms with van der Waals surface area (Å²) >= 11 is 0. The Balaban J connectivity index is 1.97. The topological polar surface area (TPSA) is 58.6 Å². The molecule has 0 radical (unpaired) electrons. The maximum atomic E-state index is 11.5. The van der Waals surface area contributed by atoms with E-state index in [-0.39, 0.29) is 5.78 Å². The molecule has 0 amide bonds. The molecule has 1 aromatic rings. The molecule has 16 heavy (non-hydrogen) atoms. The van der Waals surface area contributed by atoms with Crippen LogP contribution in [-0.2, 0) is 0 Å². The van der Waals surface area contributed by atoms with E-state index in [0.29, 0.717) is 12.1 Å². The van der Waals surface area contributed by atoms with Gasteiger partial charge in [-0.05, 0) is 6.42 Å². The molecule has 4 nitrogen and oxygen atoms in total. The summed E-state index contributed by atoms with van der Waals surface area (Å²) in [5, 5.41) is 9.85. The lowest BCUT2D eigenvalue weighted by molar-refractivity contribution is 0.0974. The third-order valence-electron chi connectivity index (χ3n) is 2.71. The van der Waals surface area contributed by atoms with Gasteiger partial charge >= 0.3 is 0 Å². The summed E-state index contributed by atoms with van der Waals surface area (Å²) in [6.07, 6.45) is 10.7. The average Bonchev–Trinajstić information content (AvgIpc) is 2.81. The normalized spacial score (nSPS) is 10.6. The van der Waals surface area contributed by atoms with Crippen LogP contribution in [0.4, 0.5) is 0 Å². The van der Waals surface area contributed by atoms with E-state index in [2.05, 4.69) is 22.3 Å². The number of ketones is 1. The second kappa shape index (κ2) is 8.02. The predicted molar refractivity (Wildman–Crippen MR) is 63.3 cm³/mol. The molecule has 0 atom stereocenters. The van der Waals surface area contributed by atoms with Crippen molar-refractivity contribution in [3.63, 3.8) is 0 Å². The molecule has 1 N–H and O–H groups in total. The number of carbonyl (C=O) groups is 1. The Morgan fingerprint density at radius 1 is 1.19 bits per heavy atom. The molecule has 0 bridgehead atoms. The molecule has 0 spiro atoms. The minimum absolute atomic E-state index is 0.0994. The van der Waals surface area contributed by atoms with E-state index in [9.17, 15) is 4.79 Å². The molecule has 1 aromatic heterocycles. The zero-order valence-electron chi connectivity index (χ0n) is 10.0. The molecule has 0 fully saturated rings. The summed E-state index contributed by atoms with van der Waals surface area (Å²) in [6.45, 7) is 2.22. The Kier molecular flexibility index (Phi) is 6.45. The smallest absolute Gasteiger partial charge is 0.184 e. The third-order valence-corrected chi connectivity index (χ3v) is 2.71. The number of H-pyrrole nitrogens is 1. The molecule has 0 aliphatic rings. The fourth-order valence-electron chi connectivity index (χ4n) is 1.71. The van der Waals surface area contributed by atoms with Crippen molar-refractivity contribution in [3.8, 4) is 0 Å². The molecule has 1 heterocycles. The number of aromatic amines is 1. The van der Waals surface area contributed by atoms with Gasteiger partial charge in [0, 0.05) is 6.42 Å². The van der Waals surface area contributed by atoms with Crippen molar-refractivity contribution in [2.45, 2.75) is 58.3 Å². The highest BCUT2D eigenvalue weighted by molar-refractivity contribution is 5.93. The lowest BCUT2D eigenvalue weighted by atomic mass is 10.1. The Morgan fingerprint density at radius 3 is 2.50 bits per heavy atom. The van der Waals surface area contributed by atoms with Crippen molar-refractivity contribution >= 4 is 5.78 Å². The van der Waals surface area contributed by atoms with E-state index >= 15 is 0 Å². The Hall–Kier alpha value is -1.19. The zero-order chi connectivity index (χ0) is 11.6. The van der Waals surface area contributed by atoms with Gasteiger partial charge in [0.1, 0.15) is 5.69 Å². The third kappa shape index (κ3) is 5.05. The van der Waals surface area contributed by atoms with Gasteiger partial charge in [-0.2, -0.15) is 15.4 Å². The van der Waals surface area contributed by atoms with Gasteiger partial charge < -0.3 is 0 Å². The molecule has 1 rings (SSSR count). The van der Waals surface area contributed by atoms with Crippen LogP contribution in [0.3, 0.4) is 0 Å². The van der Waals surface area contributed by atoms with Crippen LogP contribution in [0.1, 0.15) is 68.8 Å². The van der Waals surface area contributed by atoms with Crippen LogP contribution >= 0.6 is 0 Å². The molecular formula is C12H21N3O. The number of aromatic nitrogens is 3. The first-order valence-electron chi connectivity index (χ1n) is 6.23. The van der Waals surface area contributed by atoms with Gasteiger partial charge in [0.15, 0.2) is 5.78 Å². The number of carbonyl (C=O) groups excluding carboxylic acids is 1. The van der Waals surface area contributed by atoms with E-state index in [0.717, 1.165) is 12.8 Å². The van der Waals surface area contributed by atoms with Crippen LogP contribution in [0.5, 0.6) is 0 Å². The number of hydrogen-bond donors (Lipinski definition) is 1. The first-order valence-corrected chi connectivity index (χ1v) is 6.23. The van der Waals surface area contributed by atoms with Crippen molar-refractivity contribution in [3.05, 3.63) is 11.9 Å². The predicted octanol–water partition coefficient (Wildman–Crippen LogP) is 3.13. The highest BCUT2D eigenvalue weighted by atomic mass is 16.1. The van der Waals surface area contributed by atoms with Gasteiger partial charge in [-0.15, -0.1) is 0 Å². The molecule has 0 aliphatic heterocycles. The molecule has 0 unspecified atom stereocenters. The average molecular weight is 223 g/mol. The lowest BCUT2D eigenvalue weighted by Crippen LogP contribution is -1.99. The fraction of sp³-hybridized carbons (Fsp3) is 0.750. The van der Waals surface area contributed by atoms with Crippen LogP contribution in [0.25, 0.3) is 0 Å². The highest BCUT2D eigenvalue weighted by Gasteiger charge is 2.07. The van der Waals surface area contributed by atoms with Gasteiger partial charge in [0.25, 0.3) is 0 Å². The molecular weight excluding hydrogens is 202 g/mol. The number of nitrogens with zero attached hydrogens (tertiary/aromatic N) is 2. The van der Waals surface area contributed by atoms with Gasteiger partial charge in [0.2, 0.25) is 0 Å². The van der Waals surface area contributed by atoms with Crippen LogP contribution in [0.15, 0.2) is 6.20 Å². The van der Waals surface area contributed by atoms with Crippen LogP contribution < -0.4 is 0 Å². The van der Waals surface area contributed by atoms with Crippen molar-refractivity contribution in [1.29, 1.82) is 0 Å². The van der Waals surface area contributed by atoms with Crippen molar-refractivity contribution in [2.24, 2.45) is 0 Å². The second-order valence-electron chi connectivity index (χ2n) is 4.15. The maximum absolute atomic E-state index is 11.5. The SMILES string of the molecule is CCCCCCCCCC(=O)c1cn[nH]n1. The second-order valence-corrected chi connectivity index (χ2v) is 4.15. The summed E-state index contributed by atoms with van der Waals surface area (Å²) in [5.41, 5.74) is 0.464. The molecule has 0 aliphatic carbocycles. The highest BCUT2D eigenvalue weighted by Crippen LogP contribution is 2.09. The number of unbranched alkanes of at least 4 members (excludes halogenated alkanes) is 6. The van der Waals surface area contributed by atoms with Crippen molar-refractivity contribution in [1.82, 2.24) is 15.4 Å². The first kappa shape index (κ1) is 12.9. The summed E-state index contributed by atoms with van der Waals surface area (Å²) in [7, 11) is 0. The van der Waals surface area contributed by atoms with E-state index in [4.69, 9.17) is 0 Å². The van der Waals surface area contributed by atoms with Crippen LogP contribution in [-0.4, -0.2) is 21.2 Å². The number of nitrogens with one attached hydrogen (secondary N) is 1. The number of rotatable bonds is 9. The quantitative estimate of drug-likeness (QED) is 0.517. The van der Waals surface area contributed by atoms with E-state index in [1.165, 1.54) is 38.3 Å². The zero-order valence-corrected chi connectivity index (χ0v) is 10.0. The first-order chi connectivity index (χ1) is 7.84. The van der Waals surface area contributed by atoms with Crippen LogP contribution in [0, 0.1) is 0 Å². The van der Waals surface area contributed by atoms with E-state index in [1.807, 2.05) is 0 Å². The monoisotopic (exact) mass is 223 g/mol.